The quantitative estimate of drug-likeness (QED) is 0.571. The van der Waals surface area contributed by atoms with Gasteiger partial charge in [0.05, 0.1) is 17.7 Å². The molecule has 1 saturated carbocycles. The smallest absolute Gasteiger partial charge is 0.407 e. The number of halogens is 1. The molecule has 6 nitrogen and oxygen atoms in total. The Kier molecular flexibility index (Phi) is 5.78. The number of amides is 1. The van der Waals surface area contributed by atoms with Crippen molar-refractivity contribution in [3.8, 4) is 11.1 Å². The zero-order valence-electron chi connectivity index (χ0n) is 17.6. The number of pyridine rings is 1. The molecule has 166 valence electrons. The van der Waals surface area contributed by atoms with Gasteiger partial charge in [-0.15, -0.1) is 11.3 Å². The van der Waals surface area contributed by atoms with Gasteiger partial charge in [-0.3, -0.25) is 0 Å². The first-order valence-corrected chi connectivity index (χ1v) is 11.8. The first kappa shape index (κ1) is 20.9. The molecule has 32 heavy (non-hydrogen) atoms. The number of hydrogen-bond donors (Lipinski definition) is 1. The van der Waals surface area contributed by atoms with Crippen molar-refractivity contribution in [2.45, 2.75) is 19.4 Å². The molecule has 2 aliphatic rings. The molecule has 8 heteroatoms. The highest BCUT2D eigenvalue weighted by atomic mass is 32.1. The summed E-state index contributed by atoms with van der Waals surface area (Å²) in [4.78, 5) is 24.4. The van der Waals surface area contributed by atoms with Crippen LogP contribution in [0.5, 0.6) is 0 Å². The van der Waals surface area contributed by atoms with Crippen LogP contribution in [0, 0.1) is 23.6 Å². The van der Waals surface area contributed by atoms with Crippen LogP contribution in [-0.2, 0) is 6.54 Å². The molecule has 1 N–H and O–H groups in total. The molecule has 0 bridgehead atoms. The molecule has 2 fully saturated rings. The lowest BCUT2D eigenvalue weighted by Gasteiger charge is -2.24. The Morgan fingerprint density at radius 3 is 2.41 bits per heavy atom. The topological polar surface area (TPSA) is 69.6 Å². The number of rotatable bonds is 6. The van der Waals surface area contributed by atoms with Crippen LogP contribution < -0.4 is 4.90 Å². The monoisotopic (exact) mass is 452 g/mol. The molecular weight excluding hydrogens is 427 g/mol. The summed E-state index contributed by atoms with van der Waals surface area (Å²) in [5.41, 5.74) is 4.48. The lowest BCUT2D eigenvalue weighted by Crippen LogP contribution is -2.34. The maximum atomic E-state index is 13.1. The fourth-order valence-corrected chi connectivity index (χ4v) is 5.73. The Morgan fingerprint density at radius 1 is 1.09 bits per heavy atom. The van der Waals surface area contributed by atoms with Crippen LogP contribution in [0.2, 0.25) is 0 Å². The number of nitrogens with zero attached hydrogens (tertiary/aromatic N) is 4. The minimum atomic E-state index is -0.873. The standard InChI is InChI=1S/C24H25FN4O2S/c25-21-4-1-17(2-5-21)18-3-6-23(26-9-18)28-11-19-7-16(8-20(19)12-28)10-29(24(30)31)13-22-14-32-15-27-22/h1-6,9,14-16,19-20H,7-8,10-13H2,(H,30,31)/t16-,19-,20+. The van der Waals surface area contributed by atoms with E-state index in [0.29, 0.717) is 30.8 Å². The third kappa shape index (κ3) is 4.46. The van der Waals surface area contributed by atoms with Gasteiger partial charge in [-0.2, -0.15) is 0 Å². The van der Waals surface area contributed by atoms with Crippen molar-refractivity contribution in [1.29, 1.82) is 0 Å². The van der Waals surface area contributed by atoms with E-state index in [4.69, 9.17) is 0 Å². The number of anilines is 1. The van der Waals surface area contributed by atoms with Crippen molar-refractivity contribution < 1.29 is 14.3 Å². The van der Waals surface area contributed by atoms with E-state index in [1.54, 1.807) is 17.6 Å². The number of aromatic nitrogens is 2. The molecule has 3 atom stereocenters. The van der Waals surface area contributed by atoms with E-state index < -0.39 is 6.09 Å². The fraction of sp³-hybridized carbons (Fsp3) is 0.375. The Labute approximate surface area is 190 Å². The molecule has 1 saturated heterocycles. The number of hydrogen-bond acceptors (Lipinski definition) is 5. The molecule has 3 aromatic rings. The molecule has 5 rings (SSSR count). The lowest BCUT2D eigenvalue weighted by molar-refractivity contribution is 0.132. The van der Waals surface area contributed by atoms with Crippen LogP contribution in [0.1, 0.15) is 18.5 Å². The maximum Gasteiger partial charge on any atom is 0.407 e. The van der Waals surface area contributed by atoms with Crippen molar-refractivity contribution in [2.24, 2.45) is 17.8 Å². The summed E-state index contributed by atoms with van der Waals surface area (Å²) in [5, 5.41) is 11.5. The normalized spacial score (nSPS) is 22.2. The molecule has 1 aliphatic heterocycles. The van der Waals surface area contributed by atoms with Crippen molar-refractivity contribution in [1.82, 2.24) is 14.9 Å². The minimum absolute atomic E-state index is 0.241. The van der Waals surface area contributed by atoms with Crippen molar-refractivity contribution >= 4 is 23.2 Å². The van der Waals surface area contributed by atoms with Crippen LogP contribution in [0.4, 0.5) is 15.0 Å². The van der Waals surface area contributed by atoms with E-state index >= 15 is 0 Å². The zero-order chi connectivity index (χ0) is 22.1. The van der Waals surface area contributed by atoms with Crippen LogP contribution >= 0.6 is 11.3 Å². The summed E-state index contributed by atoms with van der Waals surface area (Å²) < 4.78 is 13.1. The number of carbonyl (C=O) groups is 1. The lowest BCUT2D eigenvalue weighted by atomic mass is 10.0. The molecule has 1 aromatic carbocycles. The minimum Gasteiger partial charge on any atom is -0.465 e. The second-order valence-electron chi connectivity index (χ2n) is 8.82. The number of thiazole rings is 1. The third-order valence-corrected chi connectivity index (χ3v) is 7.32. The van der Waals surface area contributed by atoms with Gasteiger partial charge in [0.25, 0.3) is 0 Å². The largest absolute Gasteiger partial charge is 0.465 e. The van der Waals surface area contributed by atoms with Gasteiger partial charge in [-0.05, 0) is 60.4 Å². The first-order valence-electron chi connectivity index (χ1n) is 10.9. The summed E-state index contributed by atoms with van der Waals surface area (Å²) in [5.74, 6) is 2.28. The van der Waals surface area contributed by atoms with E-state index in [1.807, 2.05) is 23.7 Å². The highest BCUT2D eigenvalue weighted by Crippen LogP contribution is 2.43. The van der Waals surface area contributed by atoms with Gasteiger partial charge in [-0.1, -0.05) is 12.1 Å². The molecule has 1 amide bonds. The summed E-state index contributed by atoms with van der Waals surface area (Å²) in [6, 6.07) is 10.5. The molecule has 0 radical (unpaired) electrons. The van der Waals surface area contributed by atoms with Gasteiger partial charge in [0.15, 0.2) is 0 Å². The molecule has 3 heterocycles. The van der Waals surface area contributed by atoms with Gasteiger partial charge >= 0.3 is 6.09 Å². The number of fused-ring (bicyclic) bond motifs is 1. The summed E-state index contributed by atoms with van der Waals surface area (Å²) in [7, 11) is 0. The van der Waals surface area contributed by atoms with Crippen molar-refractivity contribution in [3.05, 3.63) is 65.0 Å². The van der Waals surface area contributed by atoms with E-state index in [0.717, 1.165) is 48.6 Å². The molecule has 0 unspecified atom stereocenters. The van der Waals surface area contributed by atoms with E-state index in [2.05, 4.69) is 14.9 Å². The second-order valence-corrected chi connectivity index (χ2v) is 9.54. The van der Waals surface area contributed by atoms with E-state index in [9.17, 15) is 14.3 Å². The fourth-order valence-electron chi connectivity index (χ4n) is 5.18. The van der Waals surface area contributed by atoms with E-state index in [-0.39, 0.29) is 5.82 Å². The van der Waals surface area contributed by atoms with Gasteiger partial charge in [0, 0.05) is 36.8 Å². The van der Waals surface area contributed by atoms with Gasteiger partial charge in [0.1, 0.15) is 11.6 Å². The van der Waals surface area contributed by atoms with Crippen LogP contribution in [0.15, 0.2) is 53.5 Å². The van der Waals surface area contributed by atoms with Crippen molar-refractivity contribution in [3.63, 3.8) is 0 Å². The van der Waals surface area contributed by atoms with Crippen molar-refractivity contribution in [2.75, 3.05) is 24.5 Å². The van der Waals surface area contributed by atoms with E-state index in [1.165, 1.54) is 28.4 Å². The summed E-state index contributed by atoms with van der Waals surface area (Å²) >= 11 is 1.49. The van der Waals surface area contributed by atoms with Crippen LogP contribution in [0.25, 0.3) is 11.1 Å². The Hall–Kier alpha value is -3.00. The Balaban J connectivity index is 1.17. The molecular formula is C24H25FN4O2S. The van der Waals surface area contributed by atoms with Gasteiger partial charge in [0.2, 0.25) is 0 Å². The number of carboxylic acid groups (broad SMARTS) is 1. The Bertz CT molecular complexity index is 1040. The summed E-state index contributed by atoms with van der Waals surface area (Å²) in [6.45, 7) is 2.86. The number of benzene rings is 1. The Morgan fingerprint density at radius 2 is 1.81 bits per heavy atom. The second kappa shape index (κ2) is 8.86. The highest BCUT2D eigenvalue weighted by molar-refractivity contribution is 7.07. The SMILES string of the molecule is O=C(O)N(Cc1cscn1)C[C@@H]1C[C@@H]2CN(c3ccc(-c4ccc(F)cc4)cn3)C[C@@H]2C1. The maximum absolute atomic E-state index is 13.1. The zero-order valence-corrected chi connectivity index (χ0v) is 18.4. The van der Waals surface area contributed by atoms with Crippen LogP contribution in [0.3, 0.4) is 0 Å². The van der Waals surface area contributed by atoms with Gasteiger partial charge < -0.3 is 14.9 Å². The molecule has 1 aliphatic carbocycles. The third-order valence-electron chi connectivity index (χ3n) is 6.68. The average molecular weight is 453 g/mol. The highest BCUT2D eigenvalue weighted by Gasteiger charge is 2.42. The molecule has 0 spiro atoms. The molecule has 2 aromatic heterocycles. The van der Waals surface area contributed by atoms with Crippen LogP contribution in [-0.4, -0.2) is 45.7 Å². The first-order chi connectivity index (χ1) is 15.5. The predicted octanol–water partition coefficient (Wildman–Crippen LogP) is 4.99. The van der Waals surface area contributed by atoms with Gasteiger partial charge in [-0.25, -0.2) is 19.2 Å². The average Bonchev–Trinajstić information content (AvgIpc) is 3.51. The predicted molar refractivity (Wildman–Crippen MR) is 122 cm³/mol. The summed E-state index contributed by atoms with van der Waals surface area (Å²) in [6.07, 6.45) is 3.08.